The van der Waals surface area contributed by atoms with Gasteiger partial charge < -0.3 is 10.6 Å². The molecule has 0 bridgehead atoms. The van der Waals surface area contributed by atoms with Crippen molar-refractivity contribution in [1.29, 1.82) is 0 Å². The highest BCUT2D eigenvalue weighted by atomic mass is 35.5. The van der Waals surface area contributed by atoms with Crippen LogP contribution in [0.5, 0.6) is 0 Å². The lowest BCUT2D eigenvalue weighted by Gasteiger charge is -2.19. The van der Waals surface area contributed by atoms with E-state index in [2.05, 4.69) is 10.6 Å². The van der Waals surface area contributed by atoms with E-state index >= 15 is 0 Å². The molecule has 4 rings (SSSR count). The third-order valence-electron chi connectivity index (χ3n) is 4.92. The van der Waals surface area contributed by atoms with Crippen LogP contribution in [-0.4, -0.2) is 18.4 Å². The van der Waals surface area contributed by atoms with Gasteiger partial charge in [-0.2, -0.15) is 0 Å². The number of carbonyl (C=O) groups excluding carboxylic acids is 2. The second kappa shape index (κ2) is 9.41. The molecule has 0 fully saturated rings. The third kappa shape index (κ3) is 5.37. The summed E-state index contributed by atoms with van der Waals surface area (Å²) in [7, 11) is 0. The largest absolute Gasteiger partial charge is 0.352 e. The molecule has 3 aromatic rings. The number of hydrogen-bond acceptors (Lipinski definition) is 3. The van der Waals surface area contributed by atoms with Crippen molar-refractivity contribution in [2.45, 2.75) is 18.2 Å². The lowest BCUT2D eigenvalue weighted by molar-refractivity contribution is -0.112. The summed E-state index contributed by atoms with van der Waals surface area (Å²) in [6.45, 7) is 2.54. The molecule has 0 unspecified atom stereocenters. The summed E-state index contributed by atoms with van der Waals surface area (Å²) >= 11 is 7.30. The molecular weight excluding hydrogens is 428 g/mol. The molecule has 6 heteroatoms. The monoisotopic (exact) mass is 448 g/mol. The standard InChI is InChI=1S/C25H21ClN2O2S/c1-16-2-4-18(5-3-16)14-23-25(30)28-21-15-19(8-11-22(21)31-23)24(29)27-13-12-17-6-9-20(26)10-7-17/h2-11,14-15H,12-13H2,1H3,(H,27,29)(H,28,30)/b23-14+. The summed E-state index contributed by atoms with van der Waals surface area (Å²) in [5, 5.41) is 6.52. The Kier molecular flexibility index (Phi) is 6.44. The van der Waals surface area contributed by atoms with Gasteiger partial charge in [-0.25, -0.2) is 0 Å². The average Bonchev–Trinajstić information content (AvgIpc) is 2.77. The molecule has 3 aromatic carbocycles. The van der Waals surface area contributed by atoms with Crippen LogP contribution in [0.25, 0.3) is 6.08 Å². The number of aryl methyl sites for hydroxylation is 1. The summed E-state index contributed by atoms with van der Waals surface area (Å²) in [4.78, 5) is 26.6. The quantitative estimate of drug-likeness (QED) is 0.492. The smallest absolute Gasteiger partial charge is 0.262 e. The first-order chi connectivity index (χ1) is 15.0. The zero-order chi connectivity index (χ0) is 21.8. The molecule has 31 heavy (non-hydrogen) atoms. The van der Waals surface area contributed by atoms with E-state index in [0.29, 0.717) is 34.1 Å². The van der Waals surface area contributed by atoms with Gasteiger partial charge in [0.25, 0.3) is 11.8 Å². The van der Waals surface area contributed by atoms with Gasteiger partial charge >= 0.3 is 0 Å². The van der Waals surface area contributed by atoms with Crippen LogP contribution >= 0.6 is 23.4 Å². The van der Waals surface area contributed by atoms with E-state index in [-0.39, 0.29) is 11.8 Å². The number of nitrogens with one attached hydrogen (secondary N) is 2. The molecule has 0 spiro atoms. The first kappa shape index (κ1) is 21.2. The molecule has 1 heterocycles. The molecular formula is C25H21ClN2O2S. The van der Waals surface area contributed by atoms with Gasteiger partial charge in [0.2, 0.25) is 0 Å². The lowest BCUT2D eigenvalue weighted by atomic mass is 10.1. The van der Waals surface area contributed by atoms with Crippen molar-refractivity contribution in [3.63, 3.8) is 0 Å². The lowest BCUT2D eigenvalue weighted by Crippen LogP contribution is -2.26. The molecule has 0 saturated carbocycles. The maximum absolute atomic E-state index is 12.6. The predicted molar refractivity (Wildman–Crippen MR) is 128 cm³/mol. The van der Waals surface area contributed by atoms with Crippen LogP contribution in [0.1, 0.15) is 27.0 Å². The minimum atomic E-state index is -0.169. The van der Waals surface area contributed by atoms with E-state index in [1.807, 2.05) is 67.6 Å². The molecule has 2 N–H and O–H groups in total. The first-order valence-electron chi connectivity index (χ1n) is 9.92. The number of amides is 2. The summed E-state index contributed by atoms with van der Waals surface area (Å²) in [6, 6.07) is 21.0. The fourth-order valence-corrected chi connectivity index (χ4v) is 4.25. The molecule has 156 valence electrons. The molecule has 0 saturated heterocycles. The highest BCUT2D eigenvalue weighted by Gasteiger charge is 2.22. The molecule has 1 aliphatic rings. The zero-order valence-corrected chi connectivity index (χ0v) is 18.5. The van der Waals surface area contributed by atoms with E-state index in [4.69, 9.17) is 11.6 Å². The third-order valence-corrected chi connectivity index (χ3v) is 6.27. The van der Waals surface area contributed by atoms with Gasteiger partial charge in [0.05, 0.1) is 10.6 Å². The number of rotatable bonds is 5. The van der Waals surface area contributed by atoms with E-state index in [9.17, 15) is 9.59 Å². The Bertz CT molecular complexity index is 1160. The van der Waals surface area contributed by atoms with Crippen molar-refractivity contribution < 1.29 is 9.59 Å². The van der Waals surface area contributed by atoms with Crippen molar-refractivity contribution >= 4 is 46.9 Å². The number of anilines is 1. The SMILES string of the molecule is Cc1ccc(/C=C2/Sc3ccc(C(=O)NCCc4ccc(Cl)cc4)cc3NC2=O)cc1. The summed E-state index contributed by atoms with van der Waals surface area (Å²) in [5.41, 5.74) is 4.42. The van der Waals surface area contributed by atoms with Crippen LogP contribution in [-0.2, 0) is 11.2 Å². The summed E-state index contributed by atoms with van der Waals surface area (Å²) in [6.07, 6.45) is 2.59. The van der Waals surface area contributed by atoms with Crippen LogP contribution in [0.15, 0.2) is 76.5 Å². The number of fused-ring (bicyclic) bond motifs is 1. The van der Waals surface area contributed by atoms with Crippen molar-refractivity contribution in [3.8, 4) is 0 Å². The highest BCUT2D eigenvalue weighted by Crippen LogP contribution is 2.39. The van der Waals surface area contributed by atoms with Crippen molar-refractivity contribution in [2.75, 3.05) is 11.9 Å². The van der Waals surface area contributed by atoms with Gasteiger partial charge in [0.15, 0.2) is 0 Å². The number of thioether (sulfide) groups is 1. The van der Waals surface area contributed by atoms with E-state index in [1.165, 1.54) is 17.3 Å². The Hall–Kier alpha value is -3.02. The van der Waals surface area contributed by atoms with E-state index in [0.717, 1.165) is 16.0 Å². The highest BCUT2D eigenvalue weighted by molar-refractivity contribution is 8.04. The van der Waals surface area contributed by atoms with Gasteiger partial charge in [-0.3, -0.25) is 9.59 Å². The average molecular weight is 449 g/mol. The Morgan fingerprint density at radius 2 is 1.81 bits per heavy atom. The van der Waals surface area contributed by atoms with Gasteiger partial charge in [0.1, 0.15) is 0 Å². The van der Waals surface area contributed by atoms with Crippen LogP contribution in [0.4, 0.5) is 5.69 Å². The number of carbonyl (C=O) groups is 2. The van der Waals surface area contributed by atoms with Gasteiger partial charge in [-0.05, 0) is 60.9 Å². The Morgan fingerprint density at radius 3 is 2.55 bits per heavy atom. The second-order valence-electron chi connectivity index (χ2n) is 7.32. The maximum Gasteiger partial charge on any atom is 0.262 e. The second-order valence-corrected chi connectivity index (χ2v) is 8.84. The fourth-order valence-electron chi connectivity index (χ4n) is 3.19. The number of hydrogen-bond donors (Lipinski definition) is 2. The Labute approximate surface area is 190 Å². The molecule has 2 amide bonds. The minimum absolute atomic E-state index is 0.168. The van der Waals surface area contributed by atoms with Crippen LogP contribution in [0, 0.1) is 6.92 Å². The molecule has 0 radical (unpaired) electrons. The zero-order valence-electron chi connectivity index (χ0n) is 16.9. The number of halogens is 1. The Balaban J connectivity index is 1.41. The first-order valence-corrected chi connectivity index (χ1v) is 11.1. The topological polar surface area (TPSA) is 58.2 Å². The van der Waals surface area contributed by atoms with Crippen LogP contribution in [0.3, 0.4) is 0 Å². The summed E-state index contributed by atoms with van der Waals surface area (Å²) < 4.78 is 0. The van der Waals surface area contributed by atoms with E-state index < -0.39 is 0 Å². The number of benzene rings is 3. The van der Waals surface area contributed by atoms with Crippen LogP contribution in [0.2, 0.25) is 5.02 Å². The molecule has 4 nitrogen and oxygen atoms in total. The van der Waals surface area contributed by atoms with Crippen LogP contribution < -0.4 is 10.6 Å². The van der Waals surface area contributed by atoms with Crippen molar-refractivity contribution in [1.82, 2.24) is 5.32 Å². The van der Waals surface area contributed by atoms with Crippen molar-refractivity contribution in [3.05, 3.63) is 98.9 Å². The molecule has 0 aromatic heterocycles. The fraction of sp³-hybridized carbons (Fsp3) is 0.120. The predicted octanol–water partition coefficient (Wildman–Crippen LogP) is 5.71. The Morgan fingerprint density at radius 1 is 1.06 bits per heavy atom. The summed E-state index contributed by atoms with van der Waals surface area (Å²) in [5.74, 6) is -0.338. The normalized spacial score (nSPS) is 14.1. The van der Waals surface area contributed by atoms with Gasteiger partial charge in [0, 0.05) is 22.0 Å². The molecule has 1 aliphatic heterocycles. The minimum Gasteiger partial charge on any atom is -0.352 e. The van der Waals surface area contributed by atoms with Gasteiger partial charge in [-0.15, -0.1) is 0 Å². The maximum atomic E-state index is 12.6. The van der Waals surface area contributed by atoms with Crippen molar-refractivity contribution in [2.24, 2.45) is 0 Å². The van der Waals surface area contributed by atoms with Gasteiger partial charge in [-0.1, -0.05) is 65.3 Å². The molecule has 0 aliphatic carbocycles. The molecule has 0 atom stereocenters. The van der Waals surface area contributed by atoms with E-state index in [1.54, 1.807) is 12.1 Å².